The molecule has 0 radical (unpaired) electrons. The lowest BCUT2D eigenvalue weighted by Crippen LogP contribution is -2.02. The van der Waals surface area contributed by atoms with Crippen LogP contribution >= 0.6 is 0 Å². The van der Waals surface area contributed by atoms with Crippen molar-refractivity contribution in [3.05, 3.63) is 23.3 Å². The lowest BCUT2D eigenvalue weighted by atomic mass is 10.0. The molecule has 0 unspecified atom stereocenters. The van der Waals surface area contributed by atoms with Crippen LogP contribution in [0.25, 0.3) is 0 Å². The second-order valence-electron chi connectivity index (χ2n) is 4.66. The number of benzene rings is 1. The van der Waals surface area contributed by atoms with E-state index in [1.807, 2.05) is 6.07 Å². The van der Waals surface area contributed by atoms with Gasteiger partial charge in [-0.1, -0.05) is 40.0 Å². The van der Waals surface area contributed by atoms with Crippen LogP contribution in [0.1, 0.15) is 57.6 Å². The zero-order chi connectivity index (χ0) is 13.4. The van der Waals surface area contributed by atoms with Gasteiger partial charge in [0.15, 0.2) is 0 Å². The Balaban J connectivity index is 2.65. The molecule has 0 saturated heterocycles. The number of hydrogen-bond acceptors (Lipinski definition) is 2. The summed E-state index contributed by atoms with van der Waals surface area (Å²) in [5.41, 5.74) is 2.19. The minimum Gasteiger partial charge on any atom is -0.508 e. The summed E-state index contributed by atoms with van der Waals surface area (Å²) in [7, 11) is 0. The third-order valence-electron chi connectivity index (χ3n) is 3.33. The first kappa shape index (κ1) is 14.9. The summed E-state index contributed by atoms with van der Waals surface area (Å²) in [6.07, 6.45) is 6.62. The average molecular weight is 250 g/mol. The maximum Gasteiger partial charge on any atom is 0.123 e. The Kier molecular flexibility index (Phi) is 6.63. The van der Waals surface area contributed by atoms with E-state index >= 15 is 0 Å². The average Bonchev–Trinajstić information content (AvgIpc) is 2.39. The Hall–Kier alpha value is -1.18. The molecule has 1 aromatic rings. The standard InChI is InChI=1S/C16H26O2/c1-4-7-8-9-12-18-16-11-10-15(17)13(5-2)14(16)6-3/h10-11,17H,4-9,12H2,1-3H3. The molecule has 0 amide bonds. The van der Waals surface area contributed by atoms with E-state index in [0.29, 0.717) is 5.75 Å². The molecule has 1 N–H and O–H groups in total. The van der Waals surface area contributed by atoms with Crippen LogP contribution in [-0.4, -0.2) is 11.7 Å². The highest BCUT2D eigenvalue weighted by Gasteiger charge is 2.10. The van der Waals surface area contributed by atoms with Gasteiger partial charge in [-0.3, -0.25) is 0 Å². The van der Waals surface area contributed by atoms with E-state index in [1.165, 1.54) is 19.3 Å². The fraction of sp³-hybridized carbons (Fsp3) is 0.625. The summed E-state index contributed by atoms with van der Waals surface area (Å²) in [5, 5.41) is 9.83. The molecular formula is C16H26O2. The molecule has 18 heavy (non-hydrogen) atoms. The van der Waals surface area contributed by atoms with Crippen molar-refractivity contribution < 1.29 is 9.84 Å². The van der Waals surface area contributed by atoms with Crippen LogP contribution in [0.4, 0.5) is 0 Å². The molecule has 1 aromatic carbocycles. The zero-order valence-electron chi connectivity index (χ0n) is 12.0. The number of aromatic hydroxyl groups is 1. The third kappa shape index (κ3) is 3.94. The molecule has 102 valence electrons. The first-order chi connectivity index (χ1) is 8.74. The van der Waals surface area contributed by atoms with E-state index in [4.69, 9.17) is 4.74 Å². The third-order valence-corrected chi connectivity index (χ3v) is 3.33. The highest BCUT2D eigenvalue weighted by Crippen LogP contribution is 2.30. The molecule has 0 aromatic heterocycles. The van der Waals surface area contributed by atoms with E-state index in [9.17, 15) is 5.11 Å². The first-order valence-electron chi connectivity index (χ1n) is 7.21. The number of unbranched alkanes of at least 4 members (excludes halogenated alkanes) is 3. The smallest absolute Gasteiger partial charge is 0.123 e. The van der Waals surface area contributed by atoms with Gasteiger partial charge >= 0.3 is 0 Å². The van der Waals surface area contributed by atoms with E-state index in [0.717, 1.165) is 42.7 Å². The first-order valence-corrected chi connectivity index (χ1v) is 7.21. The van der Waals surface area contributed by atoms with Crippen LogP contribution in [0.2, 0.25) is 0 Å². The van der Waals surface area contributed by atoms with Crippen molar-refractivity contribution in [1.29, 1.82) is 0 Å². The number of hydrogen-bond donors (Lipinski definition) is 1. The van der Waals surface area contributed by atoms with Crippen molar-refractivity contribution in [3.63, 3.8) is 0 Å². The van der Waals surface area contributed by atoms with Crippen molar-refractivity contribution in [2.75, 3.05) is 6.61 Å². The normalized spacial score (nSPS) is 10.6. The molecule has 0 spiro atoms. The molecule has 1 rings (SSSR count). The molecule has 0 bridgehead atoms. The molecule has 0 fully saturated rings. The Bertz CT molecular complexity index is 358. The fourth-order valence-corrected chi connectivity index (χ4v) is 2.29. The van der Waals surface area contributed by atoms with Crippen molar-refractivity contribution >= 4 is 0 Å². The van der Waals surface area contributed by atoms with E-state index in [-0.39, 0.29) is 0 Å². The van der Waals surface area contributed by atoms with Crippen LogP contribution in [-0.2, 0) is 12.8 Å². The van der Waals surface area contributed by atoms with Gasteiger partial charge in [0.25, 0.3) is 0 Å². The maximum atomic E-state index is 9.83. The zero-order valence-corrected chi connectivity index (χ0v) is 12.0. The summed E-state index contributed by atoms with van der Waals surface area (Å²) in [5.74, 6) is 1.34. The lowest BCUT2D eigenvalue weighted by Gasteiger charge is -2.15. The van der Waals surface area contributed by atoms with Crippen molar-refractivity contribution in [3.8, 4) is 11.5 Å². The predicted octanol–water partition coefficient (Wildman–Crippen LogP) is 4.48. The van der Waals surface area contributed by atoms with Gasteiger partial charge in [0.2, 0.25) is 0 Å². The molecule has 0 aliphatic rings. The van der Waals surface area contributed by atoms with Crippen LogP contribution in [0.3, 0.4) is 0 Å². The molecule has 0 aliphatic heterocycles. The largest absolute Gasteiger partial charge is 0.508 e. The Morgan fingerprint density at radius 2 is 1.67 bits per heavy atom. The van der Waals surface area contributed by atoms with E-state index in [1.54, 1.807) is 6.07 Å². The van der Waals surface area contributed by atoms with Crippen LogP contribution in [0, 0.1) is 0 Å². The number of rotatable bonds is 8. The summed E-state index contributed by atoms with van der Waals surface area (Å²) < 4.78 is 5.86. The highest BCUT2D eigenvalue weighted by molar-refractivity contribution is 5.48. The second-order valence-corrected chi connectivity index (χ2v) is 4.66. The predicted molar refractivity (Wildman–Crippen MR) is 76.5 cm³/mol. The summed E-state index contributed by atoms with van der Waals surface area (Å²) in [6.45, 7) is 7.17. The van der Waals surface area contributed by atoms with Gasteiger partial charge in [0.05, 0.1) is 6.61 Å². The Labute approximate surface area is 111 Å². The van der Waals surface area contributed by atoms with Crippen LogP contribution in [0.5, 0.6) is 11.5 Å². The summed E-state index contributed by atoms with van der Waals surface area (Å²) in [6, 6.07) is 3.65. The summed E-state index contributed by atoms with van der Waals surface area (Å²) >= 11 is 0. The minimum atomic E-state index is 0.396. The molecule has 2 heteroatoms. The number of ether oxygens (including phenoxy) is 1. The SMILES string of the molecule is CCCCCCOc1ccc(O)c(CC)c1CC. The molecular weight excluding hydrogens is 224 g/mol. The van der Waals surface area contributed by atoms with Crippen molar-refractivity contribution in [1.82, 2.24) is 0 Å². The van der Waals surface area contributed by atoms with Gasteiger partial charge < -0.3 is 9.84 Å². The minimum absolute atomic E-state index is 0.396. The van der Waals surface area contributed by atoms with Gasteiger partial charge in [0, 0.05) is 11.1 Å². The molecule has 0 aliphatic carbocycles. The van der Waals surface area contributed by atoms with Gasteiger partial charge in [-0.15, -0.1) is 0 Å². The molecule has 0 saturated carbocycles. The molecule has 0 atom stereocenters. The quantitative estimate of drug-likeness (QED) is 0.689. The van der Waals surface area contributed by atoms with Crippen molar-refractivity contribution in [2.45, 2.75) is 59.3 Å². The molecule has 0 heterocycles. The topological polar surface area (TPSA) is 29.5 Å². The Morgan fingerprint density at radius 3 is 2.28 bits per heavy atom. The Morgan fingerprint density at radius 1 is 0.944 bits per heavy atom. The monoisotopic (exact) mass is 250 g/mol. The van der Waals surface area contributed by atoms with E-state index < -0.39 is 0 Å². The fourth-order valence-electron chi connectivity index (χ4n) is 2.29. The second kappa shape index (κ2) is 8.02. The van der Waals surface area contributed by atoms with Crippen LogP contribution in [0.15, 0.2) is 12.1 Å². The highest BCUT2D eigenvalue weighted by atomic mass is 16.5. The van der Waals surface area contributed by atoms with Crippen molar-refractivity contribution in [2.24, 2.45) is 0 Å². The molecule has 2 nitrogen and oxygen atoms in total. The van der Waals surface area contributed by atoms with Gasteiger partial charge in [-0.05, 0) is 31.4 Å². The summed E-state index contributed by atoms with van der Waals surface area (Å²) in [4.78, 5) is 0. The van der Waals surface area contributed by atoms with Gasteiger partial charge in [-0.25, -0.2) is 0 Å². The van der Waals surface area contributed by atoms with E-state index in [2.05, 4.69) is 20.8 Å². The van der Waals surface area contributed by atoms with Crippen LogP contribution < -0.4 is 4.74 Å². The lowest BCUT2D eigenvalue weighted by molar-refractivity contribution is 0.301. The number of phenolic OH excluding ortho intramolecular Hbond substituents is 1. The maximum absolute atomic E-state index is 9.83. The number of phenols is 1. The van der Waals surface area contributed by atoms with Gasteiger partial charge in [-0.2, -0.15) is 0 Å². The van der Waals surface area contributed by atoms with Gasteiger partial charge in [0.1, 0.15) is 11.5 Å².